The van der Waals surface area contributed by atoms with Crippen molar-refractivity contribution in [2.45, 2.75) is 19.1 Å². The van der Waals surface area contributed by atoms with Crippen LogP contribution < -0.4 is 11.1 Å². The Morgan fingerprint density at radius 1 is 1.43 bits per heavy atom. The second-order valence-corrected chi connectivity index (χ2v) is 4.58. The van der Waals surface area contributed by atoms with E-state index in [0.29, 0.717) is 24.7 Å². The summed E-state index contributed by atoms with van der Waals surface area (Å²) in [6.45, 7) is 0.627. The van der Waals surface area contributed by atoms with Crippen molar-refractivity contribution in [2.24, 2.45) is 5.73 Å². The van der Waals surface area contributed by atoms with Crippen LogP contribution in [-0.4, -0.2) is 30.6 Å². The van der Waals surface area contributed by atoms with Crippen molar-refractivity contribution in [1.29, 1.82) is 0 Å². The van der Waals surface area contributed by atoms with E-state index < -0.39 is 0 Å². The van der Waals surface area contributed by atoms with Gasteiger partial charge in [-0.1, -0.05) is 18.2 Å². The Hall–Kier alpha value is -2.18. The molecule has 2 aromatic rings. The fraction of sp³-hybridized carbons (Fsp3) is 0.333. The summed E-state index contributed by atoms with van der Waals surface area (Å²) in [6.07, 6.45) is 1.51. The van der Waals surface area contributed by atoms with E-state index in [1.807, 2.05) is 30.3 Å². The number of hydrogen-bond donors (Lipinski definition) is 2. The molecular formula is C15H19N3O3. The van der Waals surface area contributed by atoms with E-state index in [0.717, 1.165) is 5.56 Å². The predicted octanol–water partition coefficient (Wildman–Crippen LogP) is 1.32. The van der Waals surface area contributed by atoms with Gasteiger partial charge in [-0.05, 0) is 12.1 Å². The Kier molecular flexibility index (Phi) is 5.48. The van der Waals surface area contributed by atoms with Crippen molar-refractivity contribution in [1.82, 2.24) is 10.3 Å². The van der Waals surface area contributed by atoms with E-state index in [1.165, 1.54) is 7.11 Å². The number of benzene rings is 1. The molecule has 1 unspecified atom stereocenters. The average Bonchev–Trinajstić information content (AvgIpc) is 3.00. The van der Waals surface area contributed by atoms with Crippen LogP contribution in [0.15, 0.2) is 41.0 Å². The summed E-state index contributed by atoms with van der Waals surface area (Å²) in [5, 5.41) is 2.77. The molecule has 112 valence electrons. The van der Waals surface area contributed by atoms with E-state index in [9.17, 15) is 4.79 Å². The summed E-state index contributed by atoms with van der Waals surface area (Å²) < 4.78 is 10.5. The summed E-state index contributed by atoms with van der Waals surface area (Å²) in [5.41, 5.74) is 7.05. The predicted molar refractivity (Wildman–Crippen MR) is 78.3 cm³/mol. The Morgan fingerprint density at radius 2 is 2.19 bits per heavy atom. The van der Waals surface area contributed by atoms with E-state index in [-0.39, 0.29) is 18.4 Å². The minimum Gasteiger partial charge on any atom is -0.444 e. The lowest BCUT2D eigenvalue weighted by Gasteiger charge is -2.11. The lowest BCUT2D eigenvalue weighted by molar-refractivity contribution is -0.123. The van der Waals surface area contributed by atoms with Crippen LogP contribution in [0.3, 0.4) is 0 Å². The minimum absolute atomic E-state index is 0.128. The van der Waals surface area contributed by atoms with Crippen LogP contribution in [0.1, 0.15) is 12.1 Å². The first kappa shape index (κ1) is 15.2. The zero-order chi connectivity index (χ0) is 15.1. The first-order chi connectivity index (χ1) is 10.2. The number of hydrogen-bond acceptors (Lipinski definition) is 5. The highest BCUT2D eigenvalue weighted by atomic mass is 16.5. The molecule has 3 N–H and O–H groups in total. The number of nitrogens with two attached hydrogens (primary N) is 1. The molecule has 1 aromatic heterocycles. The molecule has 0 radical (unpaired) electrons. The maximum Gasteiger partial charge on any atom is 0.226 e. The molecule has 0 fully saturated rings. The summed E-state index contributed by atoms with van der Waals surface area (Å²) >= 11 is 0. The lowest BCUT2D eigenvalue weighted by Crippen LogP contribution is -2.31. The van der Waals surface area contributed by atoms with Crippen molar-refractivity contribution in [3.63, 3.8) is 0 Å². The van der Waals surface area contributed by atoms with Gasteiger partial charge >= 0.3 is 0 Å². The van der Waals surface area contributed by atoms with E-state index in [1.54, 1.807) is 6.26 Å². The fourth-order valence-corrected chi connectivity index (χ4v) is 1.83. The molecule has 0 bridgehead atoms. The molecule has 0 spiro atoms. The van der Waals surface area contributed by atoms with Crippen LogP contribution >= 0.6 is 0 Å². The third-order valence-corrected chi connectivity index (χ3v) is 3.05. The van der Waals surface area contributed by atoms with Gasteiger partial charge in [-0.25, -0.2) is 4.98 Å². The van der Waals surface area contributed by atoms with Gasteiger partial charge < -0.3 is 20.2 Å². The topological polar surface area (TPSA) is 90.4 Å². The quantitative estimate of drug-likeness (QED) is 0.802. The van der Waals surface area contributed by atoms with Crippen molar-refractivity contribution >= 4 is 5.91 Å². The third-order valence-electron chi connectivity index (χ3n) is 3.05. The molecule has 2 rings (SSSR count). The van der Waals surface area contributed by atoms with Crippen molar-refractivity contribution < 1.29 is 13.9 Å². The van der Waals surface area contributed by atoms with Gasteiger partial charge in [0.15, 0.2) is 0 Å². The second-order valence-electron chi connectivity index (χ2n) is 4.58. The second kappa shape index (κ2) is 7.56. The van der Waals surface area contributed by atoms with Crippen LogP contribution in [-0.2, 0) is 16.1 Å². The van der Waals surface area contributed by atoms with Gasteiger partial charge in [0, 0.05) is 19.2 Å². The number of amides is 1. The van der Waals surface area contributed by atoms with Gasteiger partial charge in [0.1, 0.15) is 6.26 Å². The molecule has 1 heterocycles. The monoisotopic (exact) mass is 289 g/mol. The Labute approximate surface area is 123 Å². The maximum atomic E-state index is 11.7. The number of nitrogens with one attached hydrogen (secondary N) is 1. The number of oxazole rings is 1. The number of carbonyl (C=O) groups is 1. The van der Waals surface area contributed by atoms with Crippen LogP contribution in [0.5, 0.6) is 0 Å². The molecular weight excluding hydrogens is 270 g/mol. The minimum atomic E-state index is -0.262. The normalized spacial score (nSPS) is 12.1. The molecule has 1 amide bonds. The molecule has 21 heavy (non-hydrogen) atoms. The van der Waals surface area contributed by atoms with Gasteiger partial charge in [0.2, 0.25) is 11.8 Å². The van der Waals surface area contributed by atoms with Crippen molar-refractivity contribution in [2.75, 3.05) is 13.7 Å². The maximum absolute atomic E-state index is 11.7. The van der Waals surface area contributed by atoms with E-state index >= 15 is 0 Å². The Morgan fingerprint density at radius 3 is 2.86 bits per heavy atom. The molecule has 0 aliphatic rings. The molecule has 0 saturated carbocycles. The van der Waals surface area contributed by atoms with Crippen LogP contribution in [0, 0.1) is 0 Å². The third kappa shape index (κ3) is 4.40. The lowest BCUT2D eigenvalue weighted by atomic mass is 10.2. The van der Waals surface area contributed by atoms with Gasteiger partial charge in [-0.15, -0.1) is 0 Å². The molecule has 0 aliphatic heterocycles. The number of rotatable bonds is 7. The fourth-order valence-electron chi connectivity index (χ4n) is 1.83. The summed E-state index contributed by atoms with van der Waals surface area (Å²) in [4.78, 5) is 16.1. The number of nitrogens with zero attached hydrogens (tertiary/aromatic N) is 1. The molecule has 6 nitrogen and oxygen atoms in total. The van der Waals surface area contributed by atoms with Crippen molar-refractivity contribution in [3.05, 3.63) is 42.3 Å². The number of ether oxygens (including phenoxy) is 1. The summed E-state index contributed by atoms with van der Waals surface area (Å²) in [7, 11) is 1.54. The molecule has 1 atom stereocenters. The Balaban J connectivity index is 1.87. The number of carbonyl (C=O) groups excluding carboxylic acids is 1. The van der Waals surface area contributed by atoms with Crippen LogP contribution in [0.4, 0.5) is 0 Å². The number of aromatic nitrogens is 1. The highest BCUT2D eigenvalue weighted by Crippen LogP contribution is 2.17. The highest BCUT2D eigenvalue weighted by Gasteiger charge is 2.12. The molecule has 1 aromatic carbocycles. The largest absolute Gasteiger partial charge is 0.444 e. The zero-order valence-corrected chi connectivity index (χ0v) is 11.9. The first-order valence-electron chi connectivity index (χ1n) is 6.72. The average molecular weight is 289 g/mol. The van der Waals surface area contributed by atoms with Crippen molar-refractivity contribution in [3.8, 4) is 11.5 Å². The zero-order valence-electron chi connectivity index (χ0n) is 11.9. The van der Waals surface area contributed by atoms with Gasteiger partial charge in [-0.3, -0.25) is 4.79 Å². The van der Waals surface area contributed by atoms with Gasteiger partial charge in [0.25, 0.3) is 0 Å². The SMILES string of the molecule is COC(CN)CC(=O)NCc1coc(-c2ccccc2)n1. The smallest absolute Gasteiger partial charge is 0.226 e. The van der Waals surface area contributed by atoms with E-state index in [4.69, 9.17) is 14.9 Å². The standard InChI is InChI=1S/C15H19N3O3/c1-20-13(8-16)7-14(19)17-9-12-10-21-15(18-12)11-5-3-2-4-6-11/h2-6,10,13H,7-9,16H2,1H3,(H,17,19). The van der Waals surface area contributed by atoms with Gasteiger partial charge in [-0.2, -0.15) is 0 Å². The highest BCUT2D eigenvalue weighted by molar-refractivity contribution is 5.76. The molecule has 0 aliphatic carbocycles. The van der Waals surface area contributed by atoms with Crippen LogP contribution in [0.25, 0.3) is 11.5 Å². The number of methoxy groups -OCH3 is 1. The Bertz CT molecular complexity index is 565. The molecule has 6 heteroatoms. The van der Waals surface area contributed by atoms with Crippen LogP contribution in [0.2, 0.25) is 0 Å². The first-order valence-corrected chi connectivity index (χ1v) is 6.72. The summed E-state index contributed by atoms with van der Waals surface area (Å²) in [5.74, 6) is 0.410. The molecule has 0 saturated heterocycles. The van der Waals surface area contributed by atoms with Gasteiger partial charge in [0.05, 0.1) is 24.8 Å². The van der Waals surface area contributed by atoms with E-state index in [2.05, 4.69) is 10.3 Å². The summed E-state index contributed by atoms with van der Waals surface area (Å²) in [6, 6.07) is 9.59.